The Labute approximate surface area is 152 Å². The van der Waals surface area contributed by atoms with E-state index in [1.807, 2.05) is 31.2 Å². The standard InChI is InChI=1S/C20H23N5O/c1-14(13-26)22-20-21-11-10-16(23-20)18-17-9-5-6-12-25(17)24-19(18)15-7-3-2-4-8-15/h2-4,7-8,10-11,14,26H,5-6,9,12-13H2,1H3,(H,21,22,23)/t14-/m0/s1. The first-order valence-corrected chi connectivity index (χ1v) is 9.12. The fourth-order valence-corrected chi connectivity index (χ4v) is 3.39. The predicted octanol–water partition coefficient (Wildman–Crippen LogP) is 3.14. The number of aromatic nitrogens is 4. The zero-order valence-corrected chi connectivity index (χ0v) is 14.9. The van der Waals surface area contributed by atoms with Crippen LogP contribution in [0.15, 0.2) is 42.6 Å². The third kappa shape index (κ3) is 3.20. The van der Waals surface area contributed by atoms with Gasteiger partial charge < -0.3 is 10.4 Å². The van der Waals surface area contributed by atoms with Gasteiger partial charge in [-0.2, -0.15) is 5.10 Å². The number of benzene rings is 1. The third-order valence-electron chi connectivity index (χ3n) is 4.70. The second-order valence-corrected chi connectivity index (χ2v) is 6.71. The van der Waals surface area contributed by atoms with Gasteiger partial charge in [0.25, 0.3) is 0 Å². The first kappa shape index (κ1) is 16.7. The van der Waals surface area contributed by atoms with Gasteiger partial charge in [0, 0.05) is 35.6 Å². The minimum absolute atomic E-state index is 0.0338. The van der Waals surface area contributed by atoms with Crippen LogP contribution in [0.1, 0.15) is 25.5 Å². The van der Waals surface area contributed by atoms with Crippen molar-refractivity contribution in [3.05, 3.63) is 48.3 Å². The Hall–Kier alpha value is -2.73. The maximum absolute atomic E-state index is 9.27. The average molecular weight is 349 g/mol. The average Bonchev–Trinajstić information content (AvgIpc) is 3.08. The smallest absolute Gasteiger partial charge is 0.223 e. The van der Waals surface area contributed by atoms with Crippen LogP contribution < -0.4 is 5.32 Å². The molecule has 1 aromatic carbocycles. The molecule has 1 aliphatic rings. The minimum atomic E-state index is -0.0973. The van der Waals surface area contributed by atoms with Gasteiger partial charge in [-0.1, -0.05) is 30.3 Å². The van der Waals surface area contributed by atoms with Gasteiger partial charge in [-0.25, -0.2) is 9.97 Å². The molecule has 0 bridgehead atoms. The van der Waals surface area contributed by atoms with E-state index in [1.165, 1.54) is 12.1 Å². The number of anilines is 1. The van der Waals surface area contributed by atoms with E-state index in [0.29, 0.717) is 5.95 Å². The number of aliphatic hydroxyl groups excluding tert-OH is 1. The first-order chi connectivity index (χ1) is 12.8. The molecule has 3 aromatic rings. The fraction of sp³-hybridized carbons (Fsp3) is 0.350. The molecule has 0 spiro atoms. The highest BCUT2D eigenvalue weighted by molar-refractivity contribution is 5.81. The van der Waals surface area contributed by atoms with Gasteiger partial charge in [-0.15, -0.1) is 0 Å². The monoisotopic (exact) mass is 349 g/mol. The third-order valence-corrected chi connectivity index (χ3v) is 4.70. The van der Waals surface area contributed by atoms with Gasteiger partial charge in [0.05, 0.1) is 12.3 Å². The minimum Gasteiger partial charge on any atom is -0.394 e. The maximum atomic E-state index is 9.27. The number of rotatable bonds is 5. The predicted molar refractivity (Wildman–Crippen MR) is 102 cm³/mol. The van der Waals surface area contributed by atoms with Crippen LogP contribution in [0.25, 0.3) is 22.5 Å². The van der Waals surface area contributed by atoms with Crippen molar-refractivity contribution < 1.29 is 5.11 Å². The SMILES string of the molecule is C[C@@H](CO)Nc1nccc(-c2c(-c3ccccc3)nn3c2CCCC3)n1. The molecule has 0 aliphatic carbocycles. The van der Waals surface area contributed by atoms with E-state index in [4.69, 9.17) is 10.1 Å². The van der Waals surface area contributed by atoms with Crippen LogP contribution in [0.5, 0.6) is 0 Å². The molecule has 1 aliphatic heterocycles. The number of aliphatic hydroxyl groups is 1. The molecular formula is C20H23N5O. The van der Waals surface area contributed by atoms with E-state index in [-0.39, 0.29) is 12.6 Å². The molecule has 4 rings (SSSR count). The highest BCUT2D eigenvalue weighted by Gasteiger charge is 2.23. The lowest BCUT2D eigenvalue weighted by molar-refractivity contribution is 0.281. The summed E-state index contributed by atoms with van der Waals surface area (Å²) in [6, 6.07) is 12.1. The van der Waals surface area contributed by atoms with Gasteiger partial charge in [0.1, 0.15) is 5.69 Å². The van der Waals surface area contributed by atoms with Crippen molar-refractivity contribution in [1.82, 2.24) is 19.7 Å². The molecule has 6 nitrogen and oxygen atoms in total. The van der Waals surface area contributed by atoms with Crippen LogP contribution in [-0.2, 0) is 13.0 Å². The van der Waals surface area contributed by atoms with Crippen molar-refractivity contribution in [2.45, 2.75) is 38.8 Å². The second-order valence-electron chi connectivity index (χ2n) is 6.71. The Morgan fingerprint density at radius 3 is 2.85 bits per heavy atom. The molecule has 2 N–H and O–H groups in total. The summed E-state index contributed by atoms with van der Waals surface area (Å²) < 4.78 is 2.13. The lowest BCUT2D eigenvalue weighted by atomic mass is 9.99. The van der Waals surface area contributed by atoms with Crippen LogP contribution in [0.4, 0.5) is 5.95 Å². The van der Waals surface area contributed by atoms with E-state index < -0.39 is 0 Å². The summed E-state index contributed by atoms with van der Waals surface area (Å²) in [6.07, 6.45) is 5.10. The summed E-state index contributed by atoms with van der Waals surface area (Å²) >= 11 is 0. The zero-order valence-electron chi connectivity index (χ0n) is 14.9. The Kier molecular flexibility index (Phi) is 4.67. The van der Waals surface area contributed by atoms with E-state index in [0.717, 1.165) is 41.9 Å². The van der Waals surface area contributed by atoms with Gasteiger partial charge >= 0.3 is 0 Å². The number of aryl methyl sites for hydroxylation is 1. The first-order valence-electron chi connectivity index (χ1n) is 9.12. The van der Waals surface area contributed by atoms with E-state index in [2.05, 4.69) is 27.1 Å². The van der Waals surface area contributed by atoms with Crippen LogP contribution in [0.3, 0.4) is 0 Å². The summed E-state index contributed by atoms with van der Waals surface area (Å²) in [7, 11) is 0. The molecule has 6 heteroatoms. The van der Waals surface area contributed by atoms with Crippen molar-refractivity contribution >= 4 is 5.95 Å². The van der Waals surface area contributed by atoms with Crippen LogP contribution in [-0.4, -0.2) is 37.5 Å². The molecule has 0 amide bonds. The fourth-order valence-electron chi connectivity index (χ4n) is 3.39. The molecular weight excluding hydrogens is 326 g/mol. The lowest BCUT2D eigenvalue weighted by Crippen LogP contribution is -2.20. The van der Waals surface area contributed by atoms with Crippen molar-refractivity contribution in [2.24, 2.45) is 0 Å². The zero-order chi connectivity index (χ0) is 17.9. The Morgan fingerprint density at radius 2 is 2.04 bits per heavy atom. The van der Waals surface area contributed by atoms with Gasteiger partial charge in [-0.3, -0.25) is 4.68 Å². The van der Waals surface area contributed by atoms with Crippen molar-refractivity contribution in [3.63, 3.8) is 0 Å². The van der Waals surface area contributed by atoms with E-state index in [1.54, 1.807) is 6.20 Å². The number of nitrogens with one attached hydrogen (secondary N) is 1. The van der Waals surface area contributed by atoms with Crippen molar-refractivity contribution in [2.75, 3.05) is 11.9 Å². The number of fused-ring (bicyclic) bond motifs is 1. The molecule has 0 radical (unpaired) electrons. The molecule has 0 fully saturated rings. The number of hydrogen-bond acceptors (Lipinski definition) is 5. The van der Waals surface area contributed by atoms with Gasteiger partial charge in [0.15, 0.2) is 0 Å². The normalized spacial score (nSPS) is 14.7. The van der Waals surface area contributed by atoms with E-state index in [9.17, 15) is 5.11 Å². The van der Waals surface area contributed by atoms with Crippen molar-refractivity contribution in [3.8, 4) is 22.5 Å². The summed E-state index contributed by atoms with van der Waals surface area (Å²) in [6.45, 7) is 2.88. The summed E-state index contributed by atoms with van der Waals surface area (Å²) in [5.41, 5.74) is 5.28. The lowest BCUT2D eigenvalue weighted by Gasteiger charge is -2.15. The van der Waals surface area contributed by atoms with E-state index >= 15 is 0 Å². The van der Waals surface area contributed by atoms with Gasteiger partial charge in [-0.05, 0) is 32.3 Å². The largest absolute Gasteiger partial charge is 0.394 e. The summed E-state index contributed by atoms with van der Waals surface area (Å²) in [5, 5.41) is 17.3. The molecule has 0 unspecified atom stereocenters. The molecule has 1 atom stereocenters. The molecule has 0 saturated carbocycles. The Morgan fingerprint density at radius 1 is 1.19 bits per heavy atom. The number of hydrogen-bond donors (Lipinski definition) is 2. The molecule has 2 aromatic heterocycles. The topological polar surface area (TPSA) is 75.9 Å². The Bertz CT molecular complexity index is 890. The highest BCUT2D eigenvalue weighted by atomic mass is 16.3. The summed E-state index contributed by atoms with van der Waals surface area (Å²) in [5.74, 6) is 0.527. The highest BCUT2D eigenvalue weighted by Crippen LogP contribution is 2.36. The van der Waals surface area contributed by atoms with Gasteiger partial charge in [0.2, 0.25) is 5.95 Å². The van der Waals surface area contributed by atoms with Crippen LogP contribution >= 0.6 is 0 Å². The van der Waals surface area contributed by atoms with Crippen molar-refractivity contribution in [1.29, 1.82) is 0 Å². The summed E-state index contributed by atoms with van der Waals surface area (Å²) in [4.78, 5) is 9.00. The molecule has 134 valence electrons. The molecule has 3 heterocycles. The quantitative estimate of drug-likeness (QED) is 0.740. The molecule has 0 saturated heterocycles. The maximum Gasteiger partial charge on any atom is 0.223 e. The second kappa shape index (κ2) is 7.25. The molecule has 26 heavy (non-hydrogen) atoms. The Balaban J connectivity index is 1.83. The van der Waals surface area contributed by atoms with Crippen LogP contribution in [0, 0.1) is 0 Å². The number of nitrogens with zero attached hydrogens (tertiary/aromatic N) is 4. The van der Waals surface area contributed by atoms with Crippen LogP contribution in [0.2, 0.25) is 0 Å².